The number of nitrogen functional groups attached to an aromatic ring is 1. The van der Waals surface area contributed by atoms with Gasteiger partial charge in [0.05, 0.1) is 5.69 Å². The summed E-state index contributed by atoms with van der Waals surface area (Å²) < 4.78 is 0. The van der Waals surface area contributed by atoms with Gasteiger partial charge >= 0.3 is 0 Å². The summed E-state index contributed by atoms with van der Waals surface area (Å²) in [6.45, 7) is 7.20. The van der Waals surface area contributed by atoms with Crippen molar-refractivity contribution in [2.45, 2.75) is 33.6 Å². The summed E-state index contributed by atoms with van der Waals surface area (Å²) in [6.07, 6.45) is 3.47. The zero-order chi connectivity index (χ0) is 14.3. The number of hydrogen-bond donors (Lipinski definition) is 3. The van der Waals surface area contributed by atoms with Crippen LogP contribution in [0.25, 0.3) is 0 Å². The minimum Gasteiger partial charge on any atom is -0.396 e. The van der Waals surface area contributed by atoms with E-state index in [1.807, 2.05) is 26.8 Å². The highest BCUT2D eigenvalue weighted by Gasteiger charge is 2.12. The average Bonchev–Trinajstić information content (AvgIpc) is 2.40. The first kappa shape index (κ1) is 15.3. The molecule has 1 amide bonds. The maximum Gasteiger partial charge on any atom is 0.223 e. The van der Waals surface area contributed by atoms with Gasteiger partial charge in [-0.3, -0.25) is 4.79 Å². The Kier molecular flexibility index (Phi) is 6.12. The number of nitrogens with two attached hydrogens (primary N) is 1. The molecule has 5 heteroatoms. The molecule has 0 aliphatic rings. The van der Waals surface area contributed by atoms with Crippen molar-refractivity contribution < 1.29 is 4.79 Å². The van der Waals surface area contributed by atoms with Gasteiger partial charge in [0.2, 0.25) is 5.91 Å². The zero-order valence-electron chi connectivity index (χ0n) is 12.0. The van der Waals surface area contributed by atoms with Crippen molar-refractivity contribution in [3.8, 4) is 0 Å². The van der Waals surface area contributed by atoms with Crippen LogP contribution in [0.15, 0.2) is 12.3 Å². The number of aromatic nitrogens is 1. The highest BCUT2D eigenvalue weighted by Crippen LogP contribution is 2.17. The van der Waals surface area contributed by atoms with Crippen LogP contribution in [0.2, 0.25) is 0 Å². The van der Waals surface area contributed by atoms with E-state index in [1.54, 1.807) is 6.20 Å². The Labute approximate surface area is 115 Å². The maximum atomic E-state index is 11.8. The van der Waals surface area contributed by atoms with Gasteiger partial charge in [0, 0.05) is 25.2 Å². The van der Waals surface area contributed by atoms with Crippen molar-refractivity contribution in [1.82, 2.24) is 10.3 Å². The van der Waals surface area contributed by atoms with E-state index in [4.69, 9.17) is 5.73 Å². The summed E-state index contributed by atoms with van der Waals surface area (Å²) in [7, 11) is 0. The van der Waals surface area contributed by atoms with Crippen LogP contribution < -0.4 is 16.4 Å². The molecule has 0 unspecified atom stereocenters. The van der Waals surface area contributed by atoms with Gasteiger partial charge in [-0.2, -0.15) is 0 Å². The van der Waals surface area contributed by atoms with E-state index >= 15 is 0 Å². The molecule has 0 spiro atoms. The number of rotatable bonds is 7. The zero-order valence-corrected chi connectivity index (χ0v) is 12.0. The maximum absolute atomic E-state index is 11.8. The lowest BCUT2D eigenvalue weighted by atomic mass is 10.0. The lowest BCUT2D eigenvalue weighted by Crippen LogP contribution is -2.33. The molecule has 1 aromatic rings. The molecule has 1 heterocycles. The molecule has 19 heavy (non-hydrogen) atoms. The second-order valence-corrected chi connectivity index (χ2v) is 4.62. The van der Waals surface area contributed by atoms with Crippen LogP contribution in [-0.2, 0) is 4.79 Å². The third kappa shape index (κ3) is 4.43. The smallest absolute Gasteiger partial charge is 0.223 e. The number of nitrogens with one attached hydrogen (secondary N) is 2. The predicted molar refractivity (Wildman–Crippen MR) is 79.0 cm³/mol. The number of aryl methyl sites for hydroxylation is 1. The van der Waals surface area contributed by atoms with Gasteiger partial charge in [-0.25, -0.2) is 4.98 Å². The predicted octanol–water partition coefficient (Wildman–Crippen LogP) is 1.94. The van der Waals surface area contributed by atoms with Gasteiger partial charge in [-0.1, -0.05) is 13.8 Å². The third-order valence-electron chi connectivity index (χ3n) is 3.28. The van der Waals surface area contributed by atoms with Crippen molar-refractivity contribution in [3.05, 3.63) is 17.8 Å². The summed E-state index contributed by atoms with van der Waals surface area (Å²) in [5.74, 6) is 0.913. The summed E-state index contributed by atoms with van der Waals surface area (Å²) in [4.78, 5) is 15.9. The van der Waals surface area contributed by atoms with E-state index in [1.165, 1.54) is 0 Å². The van der Waals surface area contributed by atoms with E-state index in [2.05, 4.69) is 15.6 Å². The van der Waals surface area contributed by atoms with Gasteiger partial charge in [-0.05, 0) is 31.4 Å². The van der Waals surface area contributed by atoms with Gasteiger partial charge in [0.15, 0.2) is 0 Å². The van der Waals surface area contributed by atoms with Crippen molar-refractivity contribution in [1.29, 1.82) is 0 Å². The Morgan fingerprint density at radius 3 is 2.68 bits per heavy atom. The fraction of sp³-hybridized carbons (Fsp3) is 0.571. The first-order chi connectivity index (χ1) is 9.10. The van der Waals surface area contributed by atoms with Gasteiger partial charge in [0.1, 0.15) is 5.82 Å². The molecule has 0 atom stereocenters. The van der Waals surface area contributed by atoms with Crippen LogP contribution in [0, 0.1) is 12.8 Å². The Morgan fingerprint density at radius 2 is 2.05 bits per heavy atom. The number of carbonyl (C=O) groups is 1. The van der Waals surface area contributed by atoms with Crippen molar-refractivity contribution in [3.63, 3.8) is 0 Å². The SMILES string of the molecule is CCC(CC)C(=O)NCCNc1nccc(C)c1N. The number of pyridine rings is 1. The van der Waals surface area contributed by atoms with Crippen LogP contribution >= 0.6 is 0 Å². The van der Waals surface area contributed by atoms with Crippen molar-refractivity contribution >= 4 is 17.4 Å². The van der Waals surface area contributed by atoms with Crippen molar-refractivity contribution in [2.24, 2.45) is 5.92 Å². The van der Waals surface area contributed by atoms with E-state index in [-0.39, 0.29) is 11.8 Å². The quantitative estimate of drug-likeness (QED) is 0.657. The van der Waals surface area contributed by atoms with E-state index in [0.717, 1.165) is 18.4 Å². The highest BCUT2D eigenvalue weighted by atomic mass is 16.1. The molecular formula is C14H24N4O. The number of amides is 1. The minimum atomic E-state index is 0.113. The lowest BCUT2D eigenvalue weighted by Gasteiger charge is -2.14. The molecule has 0 bridgehead atoms. The van der Waals surface area contributed by atoms with E-state index in [9.17, 15) is 4.79 Å². The Bertz CT molecular complexity index is 416. The molecule has 0 saturated heterocycles. The Hall–Kier alpha value is -1.78. The monoisotopic (exact) mass is 264 g/mol. The number of carbonyl (C=O) groups excluding carboxylic acids is 1. The van der Waals surface area contributed by atoms with E-state index < -0.39 is 0 Å². The molecule has 1 rings (SSSR count). The molecule has 0 radical (unpaired) electrons. The fourth-order valence-electron chi connectivity index (χ4n) is 1.88. The second kappa shape index (κ2) is 7.61. The summed E-state index contributed by atoms with van der Waals surface area (Å²) in [5, 5.41) is 6.05. The Balaban J connectivity index is 2.35. The summed E-state index contributed by atoms with van der Waals surface area (Å²) >= 11 is 0. The van der Waals surface area contributed by atoms with E-state index in [0.29, 0.717) is 24.6 Å². The van der Waals surface area contributed by atoms with Gasteiger partial charge in [-0.15, -0.1) is 0 Å². The molecule has 106 valence electrons. The number of anilines is 2. The third-order valence-corrected chi connectivity index (χ3v) is 3.28. The van der Waals surface area contributed by atoms with Gasteiger partial charge in [0.25, 0.3) is 0 Å². The first-order valence-corrected chi connectivity index (χ1v) is 6.82. The minimum absolute atomic E-state index is 0.113. The van der Waals surface area contributed by atoms with Crippen LogP contribution in [0.5, 0.6) is 0 Å². The van der Waals surface area contributed by atoms with Crippen molar-refractivity contribution in [2.75, 3.05) is 24.1 Å². The molecule has 0 aliphatic carbocycles. The molecule has 4 N–H and O–H groups in total. The average molecular weight is 264 g/mol. The molecule has 5 nitrogen and oxygen atoms in total. The molecular weight excluding hydrogens is 240 g/mol. The molecule has 0 aliphatic heterocycles. The highest BCUT2D eigenvalue weighted by molar-refractivity contribution is 5.78. The van der Waals surface area contributed by atoms with Crippen LogP contribution in [0.3, 0.4) is 0 Å². The number of hydrogen-bond acceptors (Lipinski definition) is 4. The lowest BCUT2D eigenvalue weighted by molar-refractivity contribution is -0.125. The first-order valence-electron chi connectivity index (χ1n) is 6.82. The van der Waals surface area contributed by atoms with Crippen LogP contribution in [0.1, 0.15) is 32.3 Å². The molecule has 0 aromatic carbocycles. The largest absolute Gasteiger partial charge is 0.396 e. The molecule has 0 saturated carbocycles. The topological polar surface area (TPSA) is 80.0 Å². The summed E-state index contributed by atoms with van der Waals surface area (Å²) in [5.41, 5.74) is 7.56. The normalized spacial score (nSPS) is 10.5. The molecule has 1 aromatic heterocycles. The van der Waals surface area contributed by atoms with Crippen LogP contribution in [0.4, 0.5) is 11.5 Å². The summed E-state index contributed by atoms with van der Waals surface area (Å²) in [6, 6.07) is 1.87. The second-order valence-electron chi connectivity index (χ2n) is 4.62. The fourth-order valence-corrected chi connectivity index (χ4v) is 1.88. The van der Waals surface area contributed by atoms with Crippen LogP contribution in [-0.4, -0.2) is 24.0 Å². The standard InChI is InChI=1S/C14H24N4O/c1-4-11(5-2)14(19)18-9-8-17-13-12(15)10(3)6-7-16-13/h6-7,11H,4-5,8-9,15H2,1-3H3,(H,16,17)(H,18,19). The molecule has 0 fully saturated rings. The van der Waals surface area contributed by atoms with Gasteiger partial charge < -0.3 is 16.4 Å². The Morgan fingerprint density at radius 1 is 1.37 bits per heavy atom. The number of nitrogens with zero attached hydrogens (tertiary/aromatic N) is 1.